The molecule has 6 heteroatoms. The first kappa shape index (κ1) is 16.5. The second-order valence-electron chi connectivity index (χ2n) is 4.67. The molecule has 3 N–H and O–H groups in total. The van der Waals surface area contributed by atoms with Gasteiger partial charge in [0.1, 0.15) is 0 Å². The lowest BCUT2D eigenvalue weighted by molar-refractivity contribution is 0.305. The molecule has 0 aliphatic rings. The quantitative estimate of drug-likeness (QED) is 0.693. The Bertz CT molecular complexity index is 586. The van der Waals surface area contributed by atoms with E-state index in [1.807, 2.05) is 13.8 Å². The molecule has 0 heterocycles. The summed E-state index contributed by atoms with van der Waals surface area (Å²) < 4.78 is 28.7. The molecule has 0 unspecified atom stereocenters. The predicted molar refractivity (Wildman–Crippen MR) is 80.4 cm³/mol. The Kier molecular flexibility index (Phi) is 6.52. The van der Waals surface area contributed by atoms with E-state index in [0.29, 0.717) is 24.2 Å². The first-order chi connectivity index (χ1) is 9.44. The number of para-hydroxylation sites is 1. The molecule has 0 amide bonds. The largest absolute Gasteiger partial charge is 0.395 e. The fourth-order valence-electron chi connectivity index (χ4n) is 1.35. The van der Waals surface area contributed by atoms with Gasteiger partial charge in [0, 0.05) is 18.5 Å². The smallest absolute Gasteiger partial charge is 0.299 e. The molecule has 0 fully saturated rings. The molecule has 0 aliphatic carbocycles. The molecule has 0 bridgehead atoms. The van der Waals surface area contributed by atoms with E-state index in [9.17, 15) is 8.42 Å². The fraction of sp³-hybridized carbons (Fsp3) is 0.429. The van der Waals surface area contributed by atoms with Crippen molar-refractivity contribution in [3.8, 4) is 11.8 Å². The molecule has 0 spiro atoms. The van der Waals surface area contributed by atoms with Gasteiger partial charge in [0.15, 0.2) is 0 Å². The van der Waals surface area contributed by atoms with Gasteiger partial charge in [-0.3, -0.25) is 4.72 Å². The van der Waals surface area contributed by atoms with Crippen LogP contribution in [0, 0.1) is 17.8 Å². The summed E-state index contributed by atoms with van der Waals surface area (Å²) in [6.07, 6.45) is 0.354. The van der Waals surface area contributed by atoms with Crippen molar-refractivity contribution in [3.63, 3.8) is 0 Å². The number of hydrogen-bond acceptors (Lipinski definition) is 3. The van der Waals surface area contributed by atoms with Gasteiger partial charge < -0.3 is 5.11 Å². The van der Waals surface area contributed by atoms with Gasteiger partial charge in [0.05, 0.1) is 12.3 Å². The van der Waals surface area contributed by atoms with Crippen molar-refractivity contribution in [3.05, 3.63) is 29.8 Å². The van der Waals surface area contributed by atoms with Crippen LogP contribution in [-0.4, -0.2) is 26.7 Å². The second kappa shape index (κ2) is 7.90. The van der Waals surface area contributed by atoms with E-state index < -0.39 is 10.2 Å². The summed E-state index contributed by atoms with van der Waals surface area (Å²) in [5.74, 6) is 5.84. The van der Waals surface area contributed by atoms with Crippen LogP contribution in [0.3, 0.4) is 0 Å². The molecule has 1 aromatic carbocycles. The predicted octanol–water partition coefficient (Wildman–Crippen LogP) is 1.32. The number of aliphatic hydroxyl groups excluding tert-OH is 1. The third kappa shape index (κ3) is 6.06. The van der Waals surface area contributed by atoms with Crippen molar-refractivity contribution < 1.29 is 13.5 Å². The number of benzene rings is 1. The normalized spacial score (nSPS) is 11.0. The Morgan fingerprint density at radius 3 is 2.65 bits per heavy atom. The lowest BCUT2D eigenvalue weighted by atomic mass is 10.2. The van der Waals surface area contributed by atoms with Gasteiger partial charge in [-0.2, -0.15) is 13.1 Å². The summed E-state index contributed by atoms with van der Waals surface area (Å²) in [7, 11) is -3.60. The summed E-state index contributed by atoms with van der Waals surface area (Å²) in [5, 5.41) is 8.70. The summed E-state index contributed by atoms with van der Waals surface area (Å²) in [6.45, 7) is 4.21. The molecule has 0 atom stereocenters. The third-order valence-electron chi connectivity index (χ3n) is 2.31. The lowest BCUT2D eigenvalue weighted by Crippen LogP contribution is -2.33. The van der Waals surface area contributed by atoms with Crippen molar-refractivity contribution in [1.82, 2.24) is 4.72 Å². The molecule has 0 aliphatic heterocycles. The lowest BCUT2D eigenvalue weighted by Gasteiger charge is -2.12. The molecule has 0 aromatic heterocycles. The Morgan fingerprint density at radius 1 is 1.30 bits per heavy atom. The Balaban J connectivity index is 2.85. The van der Waals surface area contributed by atoms with Crippen LogP contribution < -0.4 is 9.44 Å². The highest BCUT2D eigenvalue weighted by Crippen LogP contribution is 2.14. The number of rotatable bonds is 6. The molecule has 1 aromatic rings. The van der Waals surface area contributed by atoms with E-state index in [1.54, 1.807) is 24.3 Å². The third-order valence-corrected chi connectivity index (χ3v) is 3.35. The monoisotopic (exact) mass is 296 g/mol. The Hall–Kier alpha value is -1.55. The van der Waals surface area contributed by atoms with E-state index in [-0.39, 0.29) is 12.5 Å². The van der Waals surface area contributed by atoms with Crippen molar-refractivity contribution in [2.75, 3.05) is 17.9 Å². The van der Waals surface area contributed by atoms with Crippen LogP contribution >= 0.6 is 0 Å². The van der Waals surface area contributed by atoms with Gasteiger partial charge in [0.2, 0.25) is 0 Å². The van der Waals surface area contributed by atoms with Crippen LogP contribution in [0.5, 0.6) is 0 Å². The summed E-state index contributed by atoms with van der Waals surface area (Å²) in [5.41, 5.74) is 1.00. The molecule has 20 heavy (non-hydrogen) atoms. The summed E-state index contributed by atoms with van der Waals surface area (Å²) in [4.78, 5) is 0. The van der Waals surface area contributed by atoms with Crippen LogP contribution in [0.15, 0.2) is 24.3 Å². The van der Waals surface area contributed by atoms with Gasteiger partial charge in [-0.25, -0.2) is 0 Å². The van der Waals surface area contributed by atoms with Gasteiger partial charge in [-0.05, 0) is 18.1 Å². The average molecular weight is 296 g/mol. The van der Waals surface area contributed by atoms with E-state index in [2.05, 4.69) is 21.3 Å². The van der Waals surface area contributed by atoms with E-state index in [0.717, 1.165) is 0 Å². The Morgan fingerprint density at radius 2 is 2.00 bits per heavy atom. The van der Waals surface area contributed by atoms with Crippen LogP contribution in [0.4, 0.5) is 5.69 Å². The van der Waals surface area contributed by atoms with E-state index in [4.69, 9.17) is 5.11 Å². The zero-order valence-electron chi connectivity index (χ0n) is 11.7. The number of nitrogens with one attached hydrogen (secondary N) is 2. The molecule has 5 nitrogen and oxygen atoms in total. The highest BCUT2D eigenvalue weighted by Gasteiger charge is 2.11. The summed E-state index contributed by atoms with van der Waals surface area (Å²) in [6, 6.07) is 6.89. The molecular formula is C14H20N2O3S. The minimum absolute atomic E-state index is 0.0170. The van der Waals surface area contributed by atoms with Crippen molar-refractivity contribution in [1.29, 1.82) is 0 Å². The molecule has 110 valence electrons. The maximum atomic E-state index is 11.9. The molecule has 0 radical (unpaired) electrons. The maximum Gasteiger partial charge on any atom is 0.299 e. The highest BCUT2D eigenvalue weighted by molar-refractivity contribution is 7.90. The first-order valence-corrected chi connectivity index (χ1v) is 7.89. The summed E-state index contributed by atoms with van der Waals surface area (Å²) >= 11 is 0. The van der Waals surface area contributed by atoms with Gasteiger partial charge >= 0.3 is 0 Å². The van der Waals surface area contributed by atoms with E-state index in [1.165, 1.54) is 0 Å². The SMILES string of the molecule is CC(C)CNS(=O)(=O)Nc1ccccc1C#CCCO. The topological polar surface area (TPSA) is 78.4 Å². The zero-order valence-corrected chi connectivity index (χ0v) is 12.5. The minimum Gasteiger partial charge on any atom is -0.395 e. The highest BCUT2D eigenvalue weighted by atomic mass is 32.2. The molecular weight excluding hydrogens is 276 g/mol. The first-order valence-electron chi connectivity index (χ1n) is 6.41. The number of aliphatic hydroxyl groups is 1. The molecule has 0 saturated heterocycles. The van der Waals surface area contributed by atoms with Crippen LogP contribution in [0.2, 0.25) is 0 Å². The average Bonchev–Trinajstić information content (AvgIpc) is 2.39. The standard InChI is InChI=1S/C14H20N2O3S/c1-12(2)11-15-20(18,19)16-14-9-4-3-7-13(14)8-5-6-10-17/h3-4,7,9,12,15-17H,6,10-11H2,1-2H3. The van der Waals surface area contributed by atoms with E-state index >= 15 is 0 Å². The molecule has 1 rings (SSSR count). The van der Waals surface area contributed by atoms with Crippen molar-refractivity contribution in [2.24, 2.45) is 5.92 Å². The van der Waals surface area contributed by atoms with Crippen LogP contribution in [0.1, 0.15) is 25.8 Å². The Labute approximate surface area is 120 Å². The molecule has 0 saturated carbocycles. The number of anilines is 1. The van der Waals surface area contributed by atoms with Crippen LogP contribution in [0.25, 0.3) is 0 Å². The van der Waals surface area contributed by atoms with Gasteiger partial charge in [-0.15, -0.1) is 0 Å². The fourth-order valence-corrected chi connectivity index (χ4v) is 2.44. The number of hydrogen-bond donors (Lipinski definition) is 3. The van der Waals surface area contributed by atoms with Gasteiger partial charge in [-0.1, -0.05) is 37.8 Å². The minimum atomic E-state index is -3.60. The second-order valence-corrected chi connectivity index (χ2v) is 6.17. The van der Waals surface area contributed by atoms with Gasteiger partial charge in [0.25, 0.3) is 10.2 Å². The maximum absolute atomic E-state index is 11.9. The van der Waals surface area contributed by atoms with Crippen molar-refractivity contribution >= 4 is 15.9 Å². The van der Waals surface area contributed by atoms with Crippen LogP contribution in [-0.2, 0) is 10.2 Å². The van der Waals surface area contributed by atoms with Crippen molar-refractivity contribution in [2.45, 2.75) is 20.3 Å². The zero-order chi connectivity index (χ0) is 15.0.